The van der Waals surface area contributed by atoms with Crippen LogP contribution in [0.5, 0.6) is 5.75 Å². The van der Waals surface area contributed by atoms with E-state index in [-0.39, 0.29) is 23.3 Å². The van der Waals surface area contributed by atoms with Crippen molar-refractivity contribution >= 4 is 28.3 Å². The number of hydrogen-bond donors (Lipinski definition) is 3. The van der Waals surface area contributed by atoms with E-state index in [1.54, 1.807) is 0 Å². The number of carbonyl (C=O) groups excluding carboxylic acids is 1. The molecule has 1 fully saturated rings. The molecule has 1 unspecified atom stereocenters. The Morgan fingerprint density at radius 3 is 2.46 bits per heavy atom. The van der Waals surface area contributed by atoms with Crippen molar-refractivity contribution in [2.75, 3.05) is 19.6 Å². The molecule has 0 aromatic heterocycles. The zero-order chi connectivity index (χ0) is 18.5. The number of alkyl halides is 3. The maximum atomic E-state index is 12.1. The van der Waals surface area contributed by atoms with Gasteiger partial charge in [0.2, 0.25) is 15.9 Å². The van der Waals surface area contributed by atoms with Gasteiger partial charge in [0.05, 0.1) is 11.4 Å². The summed E-state index contributed by atoms with van der Waals surface area (Å²) in [5.74, 6) is -1.03. The summed E-state index contributed by atoms with van der Waals surface area (Å²) in [6, 6.07) is 3.87. The second-order valence-corrected chi connectivity index (χ2v) is 7.21. The first kappa shape index (κ1) is 22.5. The van der Waals surface area contributed by atoms with Gasteiger partial charge < -0.3 is 15.4 Å². The second-order valence-electron chi connectivity index (χ2n) is 5.44. The Bertz CT molecular complexity index is 692. The molecule has 1 amide bonds. The highest BCUT2D eigenvalue weighted by Crippen LogP contribution is 2.23. The standard InChI is InChI=1S/C14H18F3N3O4S.ClH/c15-14(16,17)24-11-3-5-12(6-4-11)25(22,23)20-9-13(21)19-8-10-2-1-7-18-10;/h3-6,10,18,20H,1-2,7-9H2,(H,19,21);1H. The van der Waals surface area contributed by atoms with Crippen LogP contribution in [-0.2, 0) is 14.8 Å². The third-order valence-corrected chi connectivity index (χ3v) is 4.92. The first-order valence-corrected chi connectivity index (χ1v) is 8.99. The van der Waals surface area contributed by atoms with Crippen LogP contribution < -0.4 is 20.1 Å². The molecular weight excluding hydrogens is 399 g/mol. The minimum Gasteiger partial charge on any atom is -0.406 e. The van der Waals surface area contributed by atoms with Crippen molar-refractivity contribution in [2.24, 2.45) is 0 Å². The number of amides is 1. The summed E-state index contributed by atoms with van der Waals surface area (Å²) in [4.78, 5) is 11.4. The van der Waals surface area contributed by atoms with Gasteiger partial charge in [0.25, 0.3) is 0 Å². The van der Waals surface area contributed by atoms with Crippen LogP contribution in [-0.4, -0.2) is 46.4 Å². The summed E-state index contributed by atoms with van der Waals surface area (Å²) in [6.07, 6.45) is -2.88. The molecule has 1 saturated heterocycles. The topological polar surface area (TPSA) is 96.5 Å². The van der Waals surface area contributed by atoms with Gasteiger partial charge in [0.15, 0.2) is 0 Å². The molecule has 2 rings (SSSR count). The largest absolute Gasteiger partial charge is 0.573 e. The number of ether oxygens (including phenoxy) is 1. The van der Waals surface area contributed by atoms with E-state index in [2.05, 4.69) is 20.1 Å². The number of nitrogens with one attached hydrogen (secondary N) is 3. The smallest absolute Gasteiger partial charge is 0.406 e. The zero-order valence-electron chi connectivity index (χ0n) is 13.5. The van der Waals surface area contributed by atoms with E-state index in [0.717, 1.165) is 43.7 Å². The van der Waals surface area contributed by atoms with Crippen LogP contribution in [0.3, 0.4) is 0 Å². The molecule has 0 saturated carbocycles. The maximum absolute atomic E-state index is 12.1. The fourth-order valence-electron chi connectivity index (χ4n) is 2.29. The number of hydrogen-bond acceptors (Lipinski definition) is 5. The Kier molecular flexibility index (Phi) is 8.13. The van der Waals surface area contributed by atoms with Gasteiger partial charge in [-0.2, -0.15) is 0 Å². The van der Waals surface area contributed by atoms with Crippen LogP contribution in [0.15, 0.2) is 29.2 Å². The van der Waals surface area contributed by atoms with Crippen molar-refractivity contribution in [3.63, 3.8) is 0 Å². The van der Waals surface area contributed by atoms with Crippen LogP contribution in [0.2, 0.25) is 0 Å². The summed E-state index contributed by atoms with van der Waals surface area (Å²) in [6.45, 7) is 0.834. The Morgan fingerprint density at radius 1 is 1.27 bits per heavy atom. The SMILES string of the molecule is Cl.O=C(CNS(=O)(=O)c1ccc(OC(F)(F)F)cc1)NCC1CCCN1. The average Bonchev–Trinajstić information content (AvgIpc) is 3.03. The third-order valence-electron chi connectivity index (χ3n) is 3.50. The minimum atomic E-state index is -4.86. The van der Waals surface area contributed by atoms with E-state index < -0.39 is 34.6 Å². The number of carbonyl (C=O) groups is 1. The Hall–Kier alpha value is -1.56. The molecule has 1 aromatic rings. The predicted octanol–water partition coefficient (Wildman–Crippen LogP) is 1.15. The van der Waals surface area contributed by atoms with Crippen molar-refractivity contribution in [3.05, 3.63) is 24.3 Å². The van der Waals surface area contributed by atoms with Crippen LogP contribution in [0.25, 0.3) is 0 Å². The molecule has 0 aliphatic carbocycles. The second kappa shape index (κ2) is 9.40. The lowest BCUT2D eigenvalue weighted by Gasteiger charge is -2.12. The Balaban J connectivity index is 0.00000338. The fourth-order valence-corrected chi connectivity index (χ4v) is 3.28. The summed E-state index contributed by atoms with van der Waals surface area (Å²) in [5.41, 5.74) is 0. The molecule has 12 heteroatoms. The normalized spacial score (nSPS) is 17.4. The van der Waals surface area contributed by atoms with Crippen LogP contribution in [0.4, 0.5) is 13.2 Å². The molecule has 26 heavy (non-hydrogen) atoms. The molecule has 1 aromatic carbocycles. The molecule has 1 atom stereocenters. The number of rotatable bonds is 7. The van der Waals surface area contributed by atoms with E-state index in [0.29, 0.717) is 6.54 Å². The lowest BCUT2D eigenvalue weighted by Crippen LogP contribution is -2.42. The summed E-state index contributed by atoms with van der Waals surface area (Å²) in [7, 11) is -4.02. The van der Waals surface area contributed by atoms with Crippen LogP contribution >= 0.6 is 12.4 Å². The number of benzene rings is 1. The molecule has 148 valence electrons. The van der Waals surface area contributed by atoms with E-state index in [9.17, 15) is 26.4 Å². The number of halogens is 4. The molecule has 1 heterocycles. The number of sulfonamides is 1. The fraction of sp³-hybridized carbons (Fsp3) is 0.500. The van der Waals surface area contributed by atoms with E-state index >= 15 is 0 Å². The predicted molar refractivity (Wildman–Crippen MR) is 89.6 cm³/mol. The Labute approximate surface area is 155 Å². The van der Waals surface area contributed by atoms with Crippen molar-refractivity contribution in [3.8, 4) is 5.75 Å². The molecule has 0 bridgehead atoms. The zero-order valence-corrected chi connectivity index (χ0v) is 15.1. The third kappa shape index (κ3) is 7.36. The first-order valence-electron chi connectivity index (χ1n) is 7.51. The highest BCUT2D eigenvalue weighted by molar-refractivity contribution is 7.89. The molecule has 1 aliphatic heterocycles. The molecule has 0 radical (unpaired) electrons. The van der Waals surface area contributed by atoms with Crippen LogP contribution in [0, 0.1) is 0 Å². The lowest BCUT2D eigenvalue weighted by molar-refractivity contribution is -0.274. The van der Waals surface area contributed by atoms with Gasteiger partial charge in [-0.1, -0.05) is 0 Å². The minimum absolute atomic E-state index is 0. The Morgan fingerprint density at radius 2 is 1.92 bits per heavy atom. The van der Waals surface area contributed by atoms with Crippen molar-refractivity contribution in [1.82, 2.24) is 15.4 Å². The highest BCUT2D eigenvalue weighted by Gasteiger charge is 2.31. The van der Waals surface area contributed by atoms with Crippen molar-refractivity contribution in [1.29, 1.82) is 0 Å². The van der Waals surface area contributed by atoms with E-state index in [4.69, 9.17) is 0 Å². The van der Waals surface area contributed by atoms with Gasteiger partial charge in [0.1, 0.15) is 5.75 Å². The van der Waals surface area contributed by atoms with Gasteiger partial charge in [-0.15, -0.1) is 25.6 Å². The quantitative estimate of drug-likeness (QED) is 0.618. The summed E-state index contributed by atoms with van der Waals surface area (Å²) < 4.78 is 66.0. The molecular formula is C14H19ClF3N3O4S. The summed E-state index contributed by atoms with van der Waals surface area (Å²) in [5, 5.41) is 5.80. The van der Waals surface area contributed by atoms with Gasteiger partial charge in [0, 0.05) is 12.6 Å². The molecule has 0 spiro atoms. The first-order chi connectivity index (χ1) is 11.7. The maximum Gasteiger partial charge on any atom is 0.573 e. The molecule has 7 nitrogen and oxygen atoms in total. The van der Waals surface area contributed by atoms with Crippen LogP contribution in [0.1, 0.15) is 12.8 Å². The van der Waals surface area contributed by atoms with Crippen molar-refractivity contribution < 1.29 is 31.1 Å². The van der Waals surface area contributed by atoms with Gasteiger partial charge in [-0.25, -0.2) is 13.1 Å². The van der Waals surface area contributed by atoms with E-state index in [1.165, 1.54) is 0 Å². The average molecular weight is 418 g/mol. The molecule has 3 N–H and O–H groups in total. The summed E-state index contributed by atoms with van der Waals surface area (Å²) >= 11 is 0. The van der Waals surface area contributed by atoms with Crippen molar-refractivity contribution in [2.45, 2.75) is 30.1 Å². The van der Waals surface area contributed by atoms with E-state index in [1.807, 2.05) is 0 Å². The van der Waals surface area contributed by atoms with Gasteiger partial charge in [-0.3, -0.25) is 4.79 Å². The monoisotopic (exact) mass is 417 g/mol. The highest BCUT2D eigenvalue weighted by atomic mass is 35.5. The van der Waals surface area contributed by atoms with Gasteiger partial charge >= 0.3 is 6.36 Å². The molecule has 1 aliphatic rings. The van der Waals surface area contributed by atoms with Gasteiger partial charge in [-0.05, 0) is 43.7 Å². The lowest BCUT2D eigenvalue weighted by atomic mass is 10.2.